The second kappa shape index (κ2) is 8.89. The molecule has 0 spiro atoms. The number of rotatable bonds is 7. The molecule has 0 aliphatic carbocycles. The summed E-state index contributed by atoms with van der Waals surface area (Å²) in [5, 5.41) is 2.66. The summed E-state index contributed by atoms with van der Waals surface area (Å²) < 4.78 is 10.0. The van der Waals surface area contributed by atoms with Gasteiger partial charge in [0.15, 0.2) is 0 Å². The number of nitrogens with one attached hydrogen (secondary N) is 1. The lowest BCUT2D eigenvalue weighted by Crippen LogP contribution is -2.43. The fraction of sp³-hybridized carbons (Fsp3) is 0.167. The minimum Gasteiger partial charge on any atom is -0.467 e. The molecule has 8 nitrogen and oxygen atoms in total. The third-order valence-corrected chi connectivity index (χ3v) is 5.20. The van der Waals surface area contributed by atoms with Crippen LogP contribution in [0.15, 0.2) is 71.3 Å². The number of esters is 1. The Balaban J connectivity index is 1.53. The van der Waals surface area contributed by atoms with Crippen molar-refractivity contribution in [1.29, 1.82) is 0 Å². The molecule has 2 aromatic carbocycles. The number of furan rings is 1. The number of imide groups is 1. The van der Waals surface area contributed by atoms with E-state index in [4.69, 9.17) is 9.15 Å². The minimum atomic E-state index is -0.907. The van der Waals surface area contributed by atoms with Crippen LogP contribution in [0.25, 0.3) is 0 Å². The van der Waals surface area contributed by atoms with E-state index in [1.54, 1.807) is 12.1 Å². The zero-order valence-electron chi connectivity index (χ0n) is 17.2. The van der Waals surface area contributed by atoms with Crippen molar-refractivity contribution in [3.63, 3.8) is 0 Å². The molecule has 1 aliphatic heterocycles. The fourth-order valence-electron chi connectivity index (χ4n) is 3.56. The third kappa shape index (κ3) is 4.15. The third-order valence-electron chi connectivity index (χ3n) is 5.20. The minimum absolute atomic E-state index is 0.00235. The zero-order chi connectivity index (χ0) is 22.7. The number of methoxy groups -OCH3 is 1. The van der Waals surface area contributed by atoms with Gasteiger partial charge in [0, 0.05) is 12.0 Å². The summed E-state index contributed by atoms with van der Waals surface area (Å²) in [6.45, 7) is 0.00235. The summed E-state index contributed by atoms with van der Waals surface area (Å²) >= 11 is 0. The number of hydrogen-bond acceptors (Lipinski definition) is 6. The van der Waals surface area contributed by atoms with Gasteiger partial charge in [-0.05, 0) is 35.9 Å². The van der Waals surface area contributed by atoms with Crippen molar-refractivity contribution < 1.29 is 28.3 Å². The first-order chi connectivity index (χ1) is 15.5. The lowest BCUT2D eigenvalue weighted by molar-refractivity contribution is -0.142. The van der Waals surface area contributed by atoms with Crippen LogP contribution in [-0.4, -0.2) is 41.7 Å². The van der Waals surface area contributed by atoms with Crippen LogP contribution in [0.1, 0.15) is 42.4 Å². The topological polar surface area (TPSA) is 106 Å². The van der Waals surface area contributed by atoms with Crippen molar-refractivity contribution in [2.75, 3.05) is 7.11 Å². The Morgan fingerprint density at radius 2 is 1.75 bits per heavy atom. The van der Waals surface area contributed by atoms with Crippen LogP contribution in [0.5, 0.6) is 0 Å². The number of hydrogen-bond donors (Lipinski definition) is 1. The van der Waals surface area contributed by atoms with E-state index >= 15 is 0 Å². The van der Waals surface area contributed by atoms with Crippen molar-refractivity contribution in [1.82, 2.24) is 10.2 Å². The van der Waals surface area contributed by atoms with Crippen LogP contribution in [0.4, 0.5) is 0 Å². The highest BCUT2D eigenvalue weighted by Gasteiger charge is 2.36. The first kappa shape index (κ1) is 21.0. The molecule has 2 heterocycles. The Labute approximate surface area is 183 Å². The lowest BCUT2D eigenvalue weighted by Gasteiger charge is -2.17. The molecular formula is C24H20N2O6. The van der Waals surface area contributed by atoms with Gasteiger partial charge in [-0.25, -0.2) is 4.79 Å². The fourth-order valence-corrected chi connectivity index (χ4v) is 3.56. The standard InChI is InChI=1S/C24H20N2O6/c1-31-24(30)20(12-15-6-3-2-4-7-15)25-21(27)16-9-10-18-19(13-16)23(29)26(22(18)28)14-17-8-5-11-32-17/h2-11,13,20H,12,14H2,1H3,(H,25,27)/t20-/m0/s1. The molecule has 0 bridgehead atoms. The van der Waals surface area contributed by atoms with Crippen LogP contribution >= 0.6 is 0 Å². The molecule has 32 heavy (non-hydrogen) atoms. The molecule has 0 fully saturated rings. The maximum Gasteiger partial charge on any atom is 0.328 e. The molecule has 0 saturated heterocycles. The van der Waals surface area contributed by atoms with E-state index in [2.05, 4.69) is 5.32 Å². The van der Waals surface area contributed by atoms with Crippen molar-refractivity contribution in [2.45, 2.75) is 19.0 Å². The summed E-state index contributed by atoms with van der Waals surface area (Å²) in [5.74, 6) is -1.63. The molecular weight excluding hydrogens is 412 g/mol. The highest BCUT2D eigenvalue weighted by Crippen LogP contribution is 2.26. The molecule has 8 heteroatoms. The number of fused-ring (bicyclic) bond motifs is 1. The summed E-state index contributed by atoms with van der Waals surface area (Å²) in [5.41, 5.74) is 1.36. The quantitative estimate of drug-likeness (QED) is 0.454. The molecule has 1 N–H and O–H groups in total. The Morgan fingerprint density at radius 3 is 2.44 bits per heavy atom. The molecule has 0 saturated carbocycles. The maximum atomic E-state index is 12.8. The Morgan fingerprint density at radius 1 is 1.00 bits per heavy atom. The highest BCUT2D eigenvalue weighted by atomic mass is 16.5. The van der Waals surface area contributed by atoms with Crippen molar-refractivity contribution in [2.24, 2.45) is 0 Å². The molecule has 1 aromatic heterocycles. The second-order valence-corrected chi connectivity index (χ2v) is 7.28. The highest BCUT2D eigenvalue weighted by molar-refractivity contribution is 6.22. The average Bonchev–Trinajstić information content (AvgIpc) is 3.41. The smallest absolute Gasteiger partial charge is 0.328 e. The Bertz CT molecular complexity index is 1170. The molecule has 162 valence electrons. The van der Waals surface area contributed by atoms with Gasteiger partial charge in [0.1, 0.15) is 11.8 Å². The van der Waals surface area contributed by atoms with Crippen LogP contribution in [0.2, 0.25) is 0 Å². The van der Waals surface area contributed by atoms with Gasteiger partial charge in [0.05, 0.1) is 31.0 Å². The predicted octanol–water partition coefficient (Wildman–Crippen LogP) is 2.59. The van der Waals surface area contributed by atoms with Gasteiger partial charge in [0.25, 0.3) is 17.7 Å². The van der Waals surface area contributed by atoms with Gasteiger partial charge in [-0.3, -0.25) is 19.3 Å². The monoisotopic (exact) mass is 432 g/mol. The van der Waals surface area contributed by atoms with Gasteiger partial charge in [0.2, 0.25) is 0 Å². The van der Waals surface area contributed by atoms with E-state index in [9.17, 15) is 19.2 Å². The van der Waals surface area contributed by atoms with Gasteiger partial charge in [-0.2, -0.15) is 0 Å². The molecule has 3 amide bonds. The van der Waals surface area contributed by atoms with E-state index in [0.29, 0.717) is 5.76 Å². The largest absolute Gasteiger partial charge is 0.467 e. The molecule has 4 rings (SSSR count). The average molecular weight is 432 g/mol. The number of ether oxygens (including phenoxy) is 1. The van der Waals surface area contributed by atoms with E-state index in [0.717, 1.165) is 10.5 Å². The summed E-state index contributed by atoms with van der Waals surface area (Å²) in [7, 11) is 1.25. The van der Waals surface area contributed by atoms with Crippen LogP contribution in [0, 0.1) is 0 Å². The predicted molar refractivity (Wildman–Crippen MR) is 113 cm³/mol. The number of nitrogens with zero attached hydrogens (tertiary/aromatic N) is 1. The van der Waals surface area contributed by atoms with E-state index in [1.165, 1.54) is 31.6 Å². The normalized spacial score (nSPS) is 13.6. The molecule has 0 radical (unpaired) electrons. The van der Waals surface area contributed by atoms with Gasteiger partial charge >= 0.3 is 5.97 Å². The number of benzene rings is 2. The van der Waals surface area contributed by atoms with Crippen molar-refractivity contribution in [3.05, 3.63) is 94.9 Å². The van der Waals surface area contributed by atoms with Crippen molar-refractivity contribution in [3.8, 4) is 0 Å². The van der Waals surface area contributed by atoms with Crippen LogP contribution in [0.3, 0.4) is 0 Å². The first-order valence-electron chi connectivity index (χ1n) is 9.93. The van der Waals surface area contributed by atoms with E-state index in [-0.39, 0.29) is 29.7 Å². The first-order valence-corrected chi connectivity index (χ1v) is 9.93. The molecule has 3 aromatic rings. The van der Waals surface area contributed by atoms with Crippen LogP contribution in [-0.2, 0) is 22.5 Å². The molecule has 0 unspecified atom stereocenters. The molecule has 1 atom stereocenters. The zero-order valence-corrected chi connectivity index (χ0v) is 17.2. The van der Waals surface area contributed by atoms with E-state index < -0.39 is 29.7 Å². The lowest BCUT2D eigenvalue weighted by atomic mass is 10.0. The summed E-state index contributed by atoms with van der Waals surface area (Å²) in [6, 6.07) is 15.9. The second-order valence-electron chi connectivity index (χ2n) is 7.28. The maximum absolute atomic E-state index is 12.8. The number of amides is 3. The molecule has 1 aliphatic rings. The van der Waals surface area contributed by atoms with Gasteiger partial charge < -0.3 is 14.5 Å². The summed E-state index contributed by atoms with van der Waals surface area (Å²) in [6.07, 6.45) is 1.71. The number of carbonyl (C=O) groups is 4. The van der Waals surface area contributed by atoms with Gasteiger partial charge in [-0.1, -0.05) is 30.3 Å². The Hall–Kier alpha value is -4.20. The SMILES string of the molecule is COC(=O)[C@H](Cc1ccccc1)NC(=O)c1ccc2c(c1)C(=O)N(Cc1ccco1)C2=O. The van der Waals surface area contributed by atoms with Gasteiger partial charge in [-0.15, -0.1) is 0 Å². The van der Waals surface area contributed by atoms with Crippen LogP contribution < -0.4 is 5.32 Å². The Kier molecular flexibility index (Phi) is 5.85. The number of carbonyl (C=O) groups excluding carboxylic acids is 4. The summed E-state index contributed by atoms with van der Waals surface area (Å²) in [4.78, 5) is 51.5. The van der Waals surface area contributed by atoms with Crippen molar-refractivity contribution >= 4 is 23.7 Å². The van der Waals surface area contributed by atoms with E-state index in [1.807, 2.05) is 30.3 Å².